The van der Waals surface area contributed by atoms with Crippen LogP contribution in [0.5, 0.6) is 0 Å². The molecule has 2 N–H and O–H groups in total. The highest BCUT2D eigenvalue weighted by molar-refractivity contribution is 7.12. The van der Waals surface area contributed by atoms with Crippen LogP contribution in [0.15, 0.2) is 42.0 Å². The highest BCUT2D eigenvalue weighted by Gasteiger charge is 2.15. The first-order chi connectivity index (χ1) is 10.1. The van der Waals surface area contributed by atoms with Crippen molar-refractivity contribution in [1.29, 1.82) is 0 Å². The summed E-state index contributed by atoms with van der Waals surface area (Å²) < 4.78 is 0. The number of pyridine rings is 1. The number of rotatable bonds is 5. The van der Waals surface area contributed by atoms with Crippen LogP contribution < -0.4 is 5.32 Å². The third-order valence-electron chi connectivity index (χ3n) is 2.86. The van der Waals surface area contributed by atoms with Crippen molar-refractivity contribution in [3.8, 4) is 0 Å². The van der Waals surface area contributed by atoms with Crippen LogP contribution in [0.4, 0.5) is 0 Å². The number of nitrogens with one attached hydrogen (secondary N) is 1. The van der Waals surface area contributed by atoms with E-state index in [4.69, 9.17) is 5.11 Å². The van der Waals surface area contributed by atoms with Crippen molar-refractivity contribution < 1.29 is 14.7 Å². The van der Waals surface area contributed by atoms with Gasteiger partial charge in [-0.2, -0.15) is 0 Å². The molecule has 0 aromatic carbocycles. The van der Waals surface area contributed by atoms with E-state index in [-0.39, 0.29) is 11.9 Å². The molecule has 2 rings (SSSR count). The molecule has 1 atom stereocenters. The second kappa shape index (κ2) is 6.81. The monoisotopic (exact) mass is 302 g/mol. The molecule has 0 spiro atoms. The predicted octanol–water partition coefficient (Wildman–Crippen LogP) is 2.73. The number of carbonyl (C=O) groups excluding carboxylic acids is 1. The molecule has 2 aromatic rings. The number of aromatic nitrogens is 1. The first-order valence-electron chi connectivity index (χ1n) is 6.27. The summed E-state index contributed by atoms with van der Waals surface area (Å²) in [7, 11) is 0. The van der Waals surface area contributed by atoms with Crippen molar-refractivity contribution in [1.82, 2.24) is 10.3 Å². The van der Waals surface area contributed by atoms with E-state index in [2.05, 4.69) is 10.3 Å². The van der Waals surface area contributed by atoms with Gasteiger partial charge in [-0.05, 0) is 47.7 Å². The maximum Gasteiger partial charge on any atom is 0.328 e. The number of carboxylic acids is 1. The molecular formula is C15H14N2O3S. The van der Waals surface area contributed by atoms with E-state index in [0.717, 1.165) is 11.6 Å². The van der Waals surface area contributed by atoms with Crippen molar-refractivity contribution in [2.24, 2.45) is 0 Å². The van der Waals surface area contributed by atoms with E-state index in [0.29, 0.717) is 10.4 Å². The fraction of sp³-hybridized carbons (Fsp3) is 0.133. The van der Waals surface area contributed by atoms with Crippen molar-refractivity contribution in [2.75, 3.05) is 0 Å². The third kappa shape index (κ3) is 4.00. The van der Waals surface area contributed by atoms with Gasteiger partial charge in [0.15, 0.2) is 0 Å². The fourth-order valence-electron chi connectivity index (χ4n) is 1.79. The second-order valence-corrected chi connectivity index (χ2v) is 5.27. The van der Waals surface area contributed by atoms with Crippen molar-refractivity contribution in [2.45, 2.75) is 13.0 Å². The topological polar surface area (TPSA) is 79.3 Å². The summed E-state index contributed by atoms with van der Waals surface area (Å²) in [6.07, 6.45) is 5.78. The number of hydrogen-bond donors (Lipinski definition) is 2. The quantitative estimate of drug-likeness (QED) is 0.832. The van der Waals surface area contributed by atoms with E-state index in [1.165, 1.54) is 17.4 Å². The first kappa shape index (κ1) is 14.9. The van der Waals surface area contributed by atoms with Gasteiger partial charge in [0, 0.05) is 18.5 Å². The van der Waals surface area contributed by atoms with Crippen LogP contribution in [-0.4, -0.2) is 22.0 Å². The number of thiophene rings is 1. The van der Waals surface area contributed by atoms with Gasteiger partial charge in [0.25, 0.3) is 5.91 Å². The Labute approximate surface area is 126 Å². The lowest BCUT2D eigenvalue weighted by molar-refractivity contribution is -0.131. The summed E-state index contributed by atoms with van der Waals surface area (Å²) in [4.78, 5) is 27.2. The van der Waals surface area contributed by atoms with E-state index in [1.54, 1.807) is 23.8 Å². The molecule has 1 amide bonds. The van der Waals surface area contributed by atoms with Crippen molar-refractivity contribution in [3.05, 3.63) is 58.1 Å². The minimum Gasteiger partial charge on any atom is -0.478 e. The van der Waals surface area contributed by atoms with E-state index in [9.17, 15) is 9.59 Å². The standard InChI is InChI=1S/C15H14N2O3S/c1-10(11-4-7-16-8-5-11)17-15(20)14-12(6-9-21-14)2-3-13(18)19/h2-10H,1H3,(H,17,20)(H,18,19). The maximum atomic E-state index is 12.3. The van der Waals surface area contributed by atoms with Gasteiger partial charge in [0.05, 0.1) is 10.9 Å². The van der Waals surface area contributed by atoms with Crippen LogP contribution in [0, 0.1) is 0 Å². The van der Waals surface area contributed by atoms with Crippen LogP contribution in [0.3, 0.4) is 0 Å². The number of aliphatic carboxylic acids is 1. The number of hydrogen-bond acceptors (Lipinski definition) is 4. The van der Waals surface area contributed by atoms with Crippen LogP contribution in [0.25, 0.3) is 6.08 Å². The van der Waals surface area contributed by atoms with Crippen molar-refractivity contribution >= 4 is 29.3 Å². The van der Waals surface area contributed by atoms with E-state index < -0.39 is 5.97 Å². The van der Waals surface area contributed by atoms with Gasteiger partial charge >= 0.3 is 5.97 Å². The Balaban J connectivity index is 2.11. The highest BCUT2D eigenvalue weighted by Crippen LogP contribution is 2.20. The fourth-order valence-corrected chi connectivity index (χ4v) is 2.58. The molecular weight excluding hydrogens is 288 g/mol. The second-order valence-electron chi connectivity index (χ2n) is 4.35. The summed E-state index contributed by atoms with van der Waals surface area (Å²) in [5.74, 6) is -1.27. The molecule has 2 aromatic heterocycles. The molecule has 2 heterocycles. The lowest BCUT2D eigenvalue weighted by Crippen LogP contribution is -2.26. The molecule has 0 saturated heterocycles. The normalized spacial score (nSPS) is 12.2. The Kier molecular flexibility index (Phi) is 4.84. The predicted molar refractivity (Wildman–Crippen MR) is 81.1 cm³/mol. The smallest absolute Gasteiger partial charge is 0.328 e. The maximum absolute atomic E-state index is 12.3. The summed E-state index contributed by atoms with van der Waals surface area (Å²) in [5, 5.41) is 13.3. The van der Waals surface area contributed by atoms with E-state index in [1.807, 2.05) is 19.1 Å². The van der Waals surface area contributed by atoms with Gasteiger partial charge < -0.3 is 10.4 Å². The van der Waals surface area contributed by atoms with Crippen molar-refractivity contribution in [3.63, 3.8) is 0 Å². The first-order valence-corrected chi connectivity index (χ1v) is 7.15. The van der Waals surface area contributed by atoms with E-state index >= 15 is 0 Å². The SMILES string of the molecule is CC(NC(=O)c1sccc1C=CC(=O)O)c1ccncc1. The average molecular weight is 302 g/mol. The lowest BCUT2D eigenvalue weighted by atomic mass is 10.1. The summed E-state index contributed by atoms with van der Waals surface area (Å²) in [5.41, 5.74) is 1.55. The summed E-state index contributed by atoms with van der Waals surface area (Å²) >= 11 is 1.28. The lowest BCUT2D eigenvalue weighted by Gasteiger charge is -2.13. The Morgan fingerprint density at radius 1 is 1.33 bits per heavy atom. The molecule has 0 aliphatic rings. The molecule has 0 bridgehead atoms. The number of nitrogens with zero attached hydrogens (tertiary/aromatic N) is 1. The Bertz CT molecular complexity index is 665. The third-order valence-corrected chi connectivity index (χ3v) is 3.79. The van der Waals surface area contributed by atoms with Gasteiger partial charge in [-0.25, -0.2) is 4.79 Å². The van der Waals surface area contributed by atoms with Gasteiger partial charge in [-0.3, -0.25) is 9.78 Å². The van der Waals surface area contributed by atoms with Crippen LogP contribution in [-0.2, 0) is 4.79 Å². The Morgan fingerprint density at radius 3 is 2.71 bits per heavy atom. The van der Waals surface area contributed by atoms with Gasteiger partial charge in [-0.1, -0.05) is 0 Å². The molecule has 108 valence electrons. The van der Waals surface area contributed by atoms with Crippen LogP contribution in [0.2, 0.25) is 0 Å². The van der Waals surface area contributed by atoms with Crippen LogP contribution >= 0.6 is 11.3 Å². The summed E-state index contributed by atoms with van der Waals surface area (Å²) in [6, 6.07) is 5.24. The van der Waals surface area contributed by atoms with Crippen LogP contribution in [0.1, 0.15) is 33.8 Å². The average Bonchev–Trinajstić information content (AvgIpc) is 2.94. The zero-order valence-corrected chi connectivity index (χ0v) is 12.1. The molecule has 0 saturated carbocycles. The highest BCUT2D eigenvalue weighted by atomic mass is 32.1. The molecule has 21 heavy (non-hydrogen) atoms. The van der Waals surface area contributed by atoms with Gasteiger partial charge in [0.2, 0.25) is 0 Å². The van der Waals surface area contributed by atoms with Gasteiger partial charge in [0.1, 0.15) is 0 Å². The number of carboxylic acid groups (broad SMARTS) is 1. The molecule has 0 aliphatic carbocycles. The molecule has 1 unspecified atom stereocenters. The minimum atomic E-state index is -1.04. The zero-order valence-electron chi connectivity index (χ0n) is 11.3. The largest absolute Gasteiger partial charge is 0.478 e. The molecule has 5 nitrogen and oxygen atoms in total. The molecule has 6 heteroatoms. The summed E-state index contributed by atoms with van der Waals surface area (Å²) in [6.45, 7) is 1.88. The Morgan fingerprint density at radius 2 is 2.05 bits per heavy atom. The molecule has 0 fully saturated rings. The Hall–Kier alpha value is -2.47. The minimum absolute atomic E-state index is 0.154. The molecule has 0 radical (unpaired) electrons. The molecule has 0 aliphatic heterocycles. The zero-order chi connectivity index (χ0) is 15.2. The number of carbonyl (C=O) groups is 2. The number of amides is 1. The van der Waals surface area contributed by atoms with Gasteiger partial charge in [-0.15, -0.1) is 11.3 Å².